The van der Waals surface area contributed by atoms with Crippen molar-refractivity contribution in [1.29, 1.82) is 0 Å². The number of hydrogen-bond acceptors (Lipinski definition) is 1. The van der Waals surface area contributed by atoms with Gasteiger partial charge in [-0.3, -0.25) is 0 Å². The molecule has 0 aliphatic carbocycles. The lowest BCUT2D eigenvalue weighted by Gasteiger charge is -1.87. The molecule has 0 aromatic carbocycles. The zero-order valence-electron chi connectivity index (χ0n) is 4.64. The van der Waals surface area contributed by atoms with Crippen LogP contribution in [-0.2, 0) is 0 Å². The second kappa shape index (κ2) is 4.00. The summed E-state index contributed by atoms with van der Waals surface area (Å²) in [7, 11) is 0. The molecule has 0 saturated heterocycles. The molecule has 1 heteroatoms. The van der Waals surface area contributed by atoms with E-state index in [0.29, 0.717) is 5.92 Å². The molecule has 0 rings (SSSR count). The molecule has 0 heterocycles. The van der Waals surface area contributed by atoms with Crippen molar-refractivity contribution in [2.75, 3.05) is 0 Å². The van der Waals surface area contributed by atoms with Gasteiger partial charge in [0.05, 0.1) is 0 Å². The van der Waals surface area contributed by atoms with Crippen LogP contribution in [0.3, 0.4) is 0 Å². The summed E-state index contributed by atoms with van der Waals surface area (Å²) in [5.41, 5.74) is 0. The first kappa shape index (κ1) is 6.83. The highest BCUT2D eigenvalue weighted by Gasteiger charge is 1.84. The highest BCUT2D eigenvalue weighted by molar-refractivity contribution is 7.79. The molecule has 0 saturated carbocycles. The Kier molecular flexibility index (Phi) is 3.90. The molecule has 0 nitrogen and oxygen atoms in total. The van der Waals surface area contributed by atoms with E-state index in [2.05, 4.69) is 17.6 Å². The van der Waals surface area contributed by atoms with Crippen LogP contribution in [0.25, 0.3) is 0 Å². The smallest absolute Gasteiger partial charge is 0.0363 e. The standard InChI is InChI=1S/C6H9S/c1-3-4-6(2)5-7/h3-4,6H,1-2H3. The van der Waals surface area contributed by atoms with Crippen LogP contribution < -0.4 is 0 Å². The highest BCUT2D eigenvalue weighted by Crippen LogP contribution is 1.90. The molecule has 0 N–H and O–H groups in total. The lowest BCUT2D eigenvalue weighted by molar-refractivity contribution is 1.04. The molecular formula is C6H9S. The van der Waals surface area contributed by atoms with E-state index in [-0.39, 0.29) is 0 Å². The van der Waals surface area contributed by atoms with Crippen molar-refractivity contribution in [3.63, 3.8) is 0 Å². The van der Waals surface area contributed by atoms with E-state index in [1.54, 1.807) is 0 Å². The number of thiocarbonyl (C=S) groups is 1. The molecule has 0 fully saturated rings. The molecule has 0 bridgehead atoms. The van der Waals surface area contributed by atoms with Gasteiger partial charge in [-0.05, 0) is 6.92 Å². The lowest BCUT2D eigenvalue weighted by Crippen LogP contribution is -1.84. The summed E-state index contributed by atoms with van der Waals surface area (Å²) in [5.74, 6) is 0.333. The number of hydrogen-bond donors (Lipinski definition) is 0. The first-order valence-corrected chi connectivity index (χ1v) is 2.72. The summed E-state index contributed by atoms with van der Waals surface area (Å²) in [5, 5.41) is 2.66. The molecule has 0 spiro atoms. The third-order valence-corrected chi connectivity index (χ3v) is 1.04. The van der Waals surface area contributed by atoms with Gasteiger partial charge in [0.25, 0.3) is 0 Å². The molecule has 0 aliphatic heterocycles. The van der Waals surface area contributed by atoms with Gasteiger partial charge in [0, 0.05) is 11.3 Å². The highest BCUT2D eigenvalue weighted by atomic mass is 32.1. The fourth-order valence-corrected chi connectivity index (χ4v) is 0.407. The number of rotatable bonds is 2. The Bertz CT molecular complexity index is 74.2. The SMILES string of the molecule is CC=CC(C)[C]=S. The first-order chi connectivity index (χ1) is 3.31. The van der Waals surface area contributed by atoms with Crippen LogP contribution >= 0.6 is 12.2 Å². The fourth-order valence-electron chi connectivity index (χ4n) is 0.328. The molecular weight excluding hydrogens is 104 g/mol. The summed E-state index contributed by atoms with van der Waals surface area (Å²) >= 11 is 4.54. The van der Waals surface area contributed by atoms with Crippen molar-refractivity contribution in [2.45, 2.75) is 13.8 Å². The maximum absolute atomic E-state index is 4.54. The van der Waals surface area contributed by atoms with Gasteiger partial charge >= 0.3 is 0 Å². The van der Waals surface area contributed by atoms with Crippen LogP contribution in [0, 0.1) is 5.92 Å². The predicted octanol–water partition coefficient (Wildman–Crippen LogP) is 2.08. The first-order valence-electron chi connectivity index (χ1n) is 2.31. The zero-order chi connectivity index (χ0) is 5.70. The second-order valence-corrected chi connectivity index (χ2v) is 1.67. The monoisotopic (exact) mass is 113 g/mol. The van der Waals surface area contributed by atoms with Gasteiger partial charge in [0.2, 0.25) is 0 Å². The second-order valence-electron chi connectivity index (χ2n) is 1.43. The van der Waals surface area contributed by atoms with E-state index in [0.717, 1.165) is 0 Å². The van der Waals surface area contributed by atoms with Crippen LogP contribution in [0.5, 0.6) is 0 Å². The average Bonchev–Trinajstić information content (AvgIpc) is 1.68. The molecule has 1 radical (unpaired) electrons. The van der Waals surface area contributed by atoms with E-state index >= 15 is 0 Å². The van der Waals surface area contributed by atoms with Crippen molar-refractivity contribution < 1.29 is 0 Å². The molecule has 0 aliphatic rings. The third kappa shape index (κ3) is 3.67. The van der Waals surface area contributed by atoms with Crippen LogP contribution in [0.1, 0.15) is 13.8 Å². The number of allylic oxidation sites excluding steroid dienone is 2. The van der Waals surface area contributed by atoms with E-state index in [9.17, 15) is 0 Å². The van der Waals surface area contributed by atoms with Crippen molar-refractivity contribution >= 4 is 17.6 Å². The van der Waals surface area contributed by atoms with E-state index in [1.165, 1.54) is 0 Å². The minimum atomic E-state index is 0.333. The molecule has 0 aromatic heterocycles. The molecule has 7 heavy (non-hydrogen) atoms. The zero-order valence-corrected chi connectivity index (χ0v) is 5.46. The molecule has 0 amide bonds. The summed E-state index contributed by atoms with van der Waals surface area (Å²) in [6.45, 7) is 3.98. The van der Waals surface area contributed by atoms with Gasteiger partial charge in [0.1, 0.15) is 0 Å². The van der Waals surface area contributed by atoms with Crippen LogP contribution in [0.15, 0.2) is 12.2 Å². The van der Waals surface area contributed by atoms with Crippen LogP contribution in [-0.4, -0.2) is 5.37 Å². The maximum atomic E-state index is 4.54. The van der Waals surface area contributed by atoms with Gasteiger partial charge in [-0.25, -0.2) is 0 Å². The van der Waals surface area contributed by atoms with Gasteiger partial charge in [-0.2, -0.15) is 0 Å². The van der Waals surface area contributed by atoms with Gasteiger partial charge in [-0.1, -0.05) is 31.3 Å². The Morgan fingerprint density at radius 1 is 1.71 bits per heavy atom. The quantitative estimate of drug-likeness (QED) is 0.390. The van der Waals surface area contributed by atoms with Crippen molar-refractivity contribution in [3.8, 4) is 0 Å². The Hall–Kier alpha value is -0.170. The Morgan fingerprint density at radius 3 is 2.43 bits per heavy atom. The van der Waals surface area contributed by atoms with E-state index in [1.807, 2.05) is 26.0 Å². The minimum absolute atomic E-state index is 0.333. The third-order valence-electron chi connectivity index (χ3n) is 0.667. The van der Waals surface area contributed by atoms with Gasteiger partial charge < -0.3 is 0 Å². The Balaban J connectivity index is 3.35. The predicted molar refractivity (Wildman–Crippen MR) is 36.6 cm³/mol. The minimum Gasteiger partial charge on any atom is -0.0910 e. The van der Waals surface area contributed by atoms with E-state index in [4.69, 9.17) is 0 Å². The molecule has 1 atom stereocenters. The van der Waals surface area contributed by atoms with Crippen molar-refractivity contribution in [3.05, 3.63) is 12.2 Å². The Labute approximate surface area is 50.2 Å². The Morgan fingerprint density at radius 2 is 2.29 bits per heavy atom. The largest absolute Gasteiger partial charge is 0.0910 e. The maximum Gasteiger partial charge on any atom is 0.0363 e. The molecule has 0 aromatic rings. The van der Waals surface area contributed by atoms with Crippen molar-refractivity contribution in [2.24, 2.45) is 5.92 Å². The van der Waals surface area contributed by atoms with Crippen molar-refractivity contribution in [1.82, 2.24) is 0 Å². The molecule has 1 unspecified atom stereocenters. The summed E-state index contributed by atoms with van der Waals surface area (Å²) < 4.78 is 0. The van der Waals surface area contributed by atoms with E-state index < -0.39 is 0 Å². The molecule has 39 valence electrons. The fraction of sp³-hybridized carbons (Fsp3) is 0.500. The van der Waals surface area contributed by atoms with Gasteiger partial charge in [-0.15, -0.1) is 0 Å². The lowest BCUT2D eigenvalue weighted by atomic mass is 10.2. The average molecular weight is 113 g/mol. The van der Waals surface area contributed by atoms with Crippen LogP contribution in [0.2, 0.25) is 0 Å². The summed E-state index contributed by atoms with van der Waals surface area (Å²) in [6, 6.07) is 0. The summed E-state index contributed by atoms with van der Waals surface area (Å²) in [6.07, 6.45) is 3.98. The topological polar surface area (TPSA) is 0 Å². The van der Waals surface area contributed by atoms with Gasteiger partial charge in [0.15, 0.2) is 0 Å². The normalized spacial score (nSPS) is 14.6. The summed E-state index contributed by atoms with van der Waals surface area (Å²) in [4.78, 5) is 0. The van der Waals surface area contributed by atoms with Crippen LogP contribution in [0.4, 0.5) is 0 Å².